The lowest BCUT2D eigenvalue weighted by Crippen LogP contribution is -2.46. The van der Waals surface area contributed by atoms with Crippen molar-refractivity contribution in [2.75, 3.05) is 19.7 Å². The minimum absolute atomic E-state index is 0. The van der Waals surface area contributed by atoms with Crippen LogP contribution in [0.3, 0.4) is 0 Å². The molecule has 23 heavy (non-hydrogen) atoms. The minimum atomic E-state index is 0. The topological polar surface area (TPSA) is 56.7 Å². The second kappa shape index (κ2) is 13.3. The molecule has 0 saturated heterocycles. The van der Waals surface area contributed by atoms with Crippen LogP contribution in [0.25, 0.3) is 0 Å². The van der Waals surface area contributed by atoms with Gasteiger partial charge in [0.25, 0.3) is 0 Å². The van der Waals surface area contributed by atoms with Crippen LogP contribution in [0.15, 0.2) is 4.99 Å². The van der Waals surface area contributed by atoms with Crippen molar-refractivity contribution < 1.29 is 5.11 Å². The van der Waals surface area contributed by atoms with Crippen LogP contribution in [0.1, 0.15) is 66.2 Å². The number of nitrogens with one attached hydrogen (secondary N) is 2. The van der Waals surface area contributed by atoms with Gasteiger partial charge in [0.1, 0.15) is 0 Å². The highest BCUT2D eigenvalue weighted by atomic mass is 127. The van der Waals surface area contributed by atoms with Crippen LogP contribution >= 0.6 is 24.0 Å². The van der Waals surface area contributed by atoms with Crippen molar-refractivity contribution in [3.8, 4) is 0 Å². The fraction of sp³-hybridized carbons (Fsp3) is 0.944. The molecule has 138 valence electrons. The largest absolute Gasteiger partial charge is 0.396 e. The maximum Gasteiger partial charge on any atom is 0.191 e. The molecule has 0 aromatic carbocycles. The highest BCUT2D eigenvalue weighted by molar-refractivity contribution is 14.0. The van der Waals surface area contributed by atoms with E-state index in [1.807, 2.05) is 0 Å². The van der Waals surface area contributed by atoms with Gasteiger partial charge in [0, 0.05) is 25.7 Å². The second-order valence-corrected chi connectivity index (χ2v) is 7.15. The van der Waals surface area contributed by atoms with Gasteiger partial charge in [0.2, 0.25) is 0 Å². The zero-order valence-corrected chi connectivity index (χ0v) is 17.8. The third-order valence-electron chi connectivity index (χ3n) is 4.61. The Morgan fingerprint density at radius 2 is 1.78 bits per heavy atom. The summed E-state index contributed by atoms with van der Waals surface area (Å²) in [6.45, 7) is 11.0. The van der Waals surface area contributed by atoms with E-state index in [1.54, 1.807) is 0 Å². The van der Waals surface area contributed by atoms with E-state index in [4.69, 9.17) is 4.99 Å². The molecule has 0 aromatic heterocycles. The van der Waals surface area contributed by atoms with Crippen LogP contribution in [-0.4, -0.2) is 36.8 Å². The molecule has 0 aliphatic heterocycles. The number of halogens is 1. The van der Waals surface area contributed by atoms with Crippen LogP contribution in [0.5, 0.6) is 0 Å². The van der Waals surface area contributed by atoms with E-state index in [-0.39, 0.29) is 30.6 Å². The SMILES string of the molecule is CCCC(CCO)CN=C(NCC)NC1CC(C)CC(C)C1.I. The fourth-order valence-electron chi connectivity index (χ4n) is 3.72. The van der Waals surface area contributed by atoms with Gasteiger partial charge in [0.05, 0.1) is 0 Å². The average Bonchev–Trinajstić information content (AvgIpc) is 2.44. The van der Waals surface area contributed by atoms with Crippen LogP contribution in [0.4, 0.5) is 0 Å². The maximum atomic E-state index is 9.17. The van der Waals surface area contributed by atoms with E-state index in [0.717, 1.165) is 50.1 Å². The molecule has 3 unspecified atom stereocenters. The lowest BCUT2D eigenvalue weighted by molar-refractivity contribution is 0.251. The molecule has 0 aromatic rings. The molecular formula is C18H38IN3O. The van der Waals surface area contributed by atoms with Gasteiger partial charge >= 0.3 is 0 Å². The number of aliphatic imine (C=N–C) groups is 1. The van der Waals surface area contributed by atoms with Gasteiger partial charge in [-0.05, 0) is 56.8 Å². The average molecular weight is 439 g/mol. The Balaban J connectivity index is 0.00000484. The summed E-state index contributed by atoms with van der Waals surface area (Å²) in [6, 6.07) is 0.541. The Bertz CT molecular complexity index is 309. The van der Waals surface area contributed by atoms with Crippen molar-refractivity contribution in [1.29, 1.82) is 0 Å². The summed E-state index contributed by atoms with van der Waals surface area (Å²) >= 11 is 0. The molecular weight excluding hydrogens is 401 g/mol. The van der Waals surface area contributed by atoms with Crippen molar-refractivity contribution in [3.05, 3.63) is 0 Å². The molecule has 1 saturated carbocycles. The minimum Gasteiger partial charge on any atom is -0.396 e. The van der Waals surface area contributed by atoms with Crippen LogP contribution < -0.4 is 10.6 Å². The van der Waals surface area contributed by atoms with E-state index >= 15 is 0 Å². The zero-order chi connectivity index (χ0) is 16.4. The van der Waals surface area contributed by atoms with Gasteiger partial charge in [-0.15, -0.1) is 24.0 Å². The van der Waals surface area contributed by atoms with Gasteiger partial charge in [-0.3, -0.25) is 4.99 Å². The summed E-state index contributed by atoms with van der Waals surface area (Å²) in [5.41, 5.74) is 0. The third kappa shape index (κ3) is 9.75. The van der Waals surface area contributed by atoms with Crippen molar-refractivity contribution >= 4 is 29.9 Å². The molecule has 3 N–H and O–H groups in total. The van der Waals surface area contributed by atoms with E-state index in [1.165, 1.54) is 19.3 Å². The van der Waals surface area contributed by atoms with Crippen molar-refractivity contribution in [2.45, 2.75) is 72.3 Å². The Morgan fingerprint density at radius 3 is 2.30 bits per heavy atom. The quantitative estimate of drug-likeness (QED) is 0.307. The number of hydrogen-bond acceptors (Lipinski definition) is 2. The van der Waals surface area contributed by atoms with Crippen molar-refractivity contribution in [1.82, 2.24) is 10.6 Å². The number of guanidine groups is 1. The predicted molar refractivity (Wildman–Crippen MR) is 111 cm³/mol. The molecule has 1 aliphatic rings. The van der Waals surface area contributed by atoms with Crippen molar-refractivity contribution in [2.24, 2.45) is 22.7 Å². The van der Waals surface area contributed by atoms with Gasteiger partial charge in [-0.2, -0.15) is 0 Å². The smallest absolute Gasteiger partial charge is 0.191 e. The standard InChI is InChI=1S/C18H37N3O.HI/c1-5-7-16(8-9-22)13-20-18(19-6-2)21-17-11-14(3)10-15(4)12-17;/h14-17,22H,5-13H2,1-4H3,(H2,19,20,21);1H. The van der Waals surface area contributed by atoms with Gasteiger partial charge in [-0.25, -0.2) is 0 Å². The molecule has 0 spiro atoms. The lowest BCUT2D eigenvalue weighted by Gasteiger charge is -2.33. The molecule has 4 nitrogen and oxygen atoms in total. The molecule has 1 aliphatic carbocycles. The molecule has 1 fully saturated rings. The van der Waals surface area contributed by atoms with E-state index < -0.39 is 0 Å². The van der Waals surface area contributed by atoms with Gasteiger partial charge in [-0.1, -0.05) is 27.2 Å². The Morgan fingerprint density at radius 1 is 1.13 bits per heavy atom. The molecule has 5 heteroatoms. The van der Waals surface area contributed by atoms with Crippen LogP contribution in [0.2, 0.25) is 0 Å². The van der Waals surface area contributed by atoms with Gasteiger partial charge < -0.3 is 15.7 Å². The first kappa shape index (κ1) is 23.0. The summed E-state index contributed by atoms with van der Waals surface area (Å²) in [4.78, 5) is 4.78. The number of aliphatic hydroxyl groups is 1. The lowest BCUT2D eigenvalue weighted by atomic mass is 9.80. The highest BCUT2D eigenvalue weighted by Gasteiger charge is 2.24. The molecule has 0 heterocycles. The Labute approximate surface area is 160 Å². The number of nitrogens with zero attached hydrogens (tertiary/aromatic N) is 1. The summed E-state index contributed by atoms with van der Waals surface area (Å²) in [7, 11) is 0. The van der Waals surface area contributed by atoms with Gasteiger partial charge in [0.15, 0.2) is 5.96 Å². The molecule has 1 rings (SSSR count). The van der Waals surface area contributed by atoms with E-state index in [2.05, 4.69) is 38.3 Å². The zero-order valence-electron chi connectivity index (χ0n) is 15.5. The predicted octanol–water partition coefficient (Wildman–Crippen LogP) is 3.78. The number of hydrogen-bond donors (Lipinski definition) is 3. The maximum absolute atomic E-state index is 9.17. The summed E-state index contributed by atoms with van der Waals surface area (Å²) < 4.78 is 0. The first-order valence-electron chi connectivity index (χ1n) is 9.24. The Kier molecular flexibility index (Phi) is 13.3. The van der Waals surface area contributed by atoms with Crippen molar-refractivity contribution in [3.63, 3.8) is 0 Å². The Hall–Kier alpha value is -0.0400. The number of aliphatic hydroxyl groups excluding tert-OH is 1. The molecule has 0 bridgehead atoms. The number of rotatable bonds is 8. The first-order valence-corrected chi connectivity index (χ1v) is 9.24. The summed E-state index contributed by atoms with van der Waals surface area (Å²) in [5.74, 6) is 3.04. The van der Waals surface area contributed by atoms with Crippen LogP contribution in [0, 0.1) is 17.8 Å². The van der Waals surface area contributed by atoms with Crippen LogP contribution in [-0.2, 0) is 0 Å². The molecule has 3 atom stereocenters. The summed E-state index contributed by atoms with van der Waals surface area (Å²) in [5, 5.41) is 16.2. The van der Waals surface area contributed by atoms with E-state index in [0.29, 0.717) is 12.0 Å². The monoisotopic (exact) mass is 439 g/mol. The van der Waals surface area contributed by atoms with E-state index in [9.17, 15) is 5.11 Å². The second-order valence-electron chi connectivity index (χ2n) is 7.15. The third-order valence-corrected chi connectivity index (χ3v) is 4.61. The molecule has 0 radical (unpaired) electrons. The summed E-state index contributed by atoms with van der Waals surface area (Å²) in [6.07, 6.45) is 6.98. The molecule has 0 amide bonds. The normalized spacial score (nSPS) is 26.3. The fourth-order valence-corrected chi connectivity index (χ4v) is 3.72. The first-order chi connectivity index (χ1) is 10.6. The highest BCUT2D eigenvalue weighted by Crippen LogP contribution is 2.28.